The number of para-hydroxylation sites is 1. The maximum absolute atomic E-state index is 13.6. The van der Waals surface area contributed by atoms with Gasteiger partial charge in [0.05, 0.1) is 22.8 Å². The van der Waals surface area contributed by atoms with Crippen molar-refractivity contribution in [2.45, 2.75) is 19.9 Å². The molecule has 0 unspecified atom stereocenters. The van der Waals surface area contributed by atoms with Gasteiger partial charge in [-0.15, -0.1) is 11.3 Å². The first kappa shape index (κ1) is 24.1. The second-order valence-corrected chi connectivity index (χ2v) is 10.4. The number of rotatable bonds is 4. The molecule has 1 N–H and O–H groups in total. The predicted octanol–water partition coefficient (Wildman–Crippen LogP) is 5.44. The normalized spacial score (nSPS) is 16.1. The fourth-order valence-electron chi connectivity index (χ4n) is 4.47. The summed E-state index contributed by atoms with van der Waals surface area (Å²) in [6.07, 6.45) is 0. The quantitative estimate of drug-likeness (QED) is 0.372. The summed E-state index contributed by atoms with van der Waals surface area (Å²) in [7, 11) is 0. The number of amides is 2. The van der Waals surface area contributed by atoms with Crippen LogP contribution in [0.2, 0.25) is 5.02 Å². The number of ether oxygens (including phenoxy) is 1. The number of anilines is 2. The Morgan fingerprint density at radius 1 is 1.05 bits per heavy atom. The lowest BCUT2D eigenvalue weighted by atomic mass is 10.1. The van der Waals surface area contributed by atoms with Crippen LogP contribution in [0.1, 0.15) is 19.4 Å². The number of benzene rings is 3. The number of aromatic nitrogens is 1. The van der Waals surface area contributed by atoms with Gasteiger partial charge in [-0.2, -0.15) is 5.10 Å². The van der Waals surface area contributed by atoms with E-state index in [2.05, 4.69) is 5.32 Å². The van der Waals surface area contributed by atoms with Crippen LogP contribution >= 0.6 is 22.9 Å². The van der Waals surface area contributed by atoms with Crippen molar-refractivity contribution in [1.29, 1.82) is 0 Å². The zero-order valence-corrected chi connectivity index (χ0v) is 22.1. The van der Waals surface area contributed by atoms with Crippen LogP contribution in [0, 0.1) is 0 Å². The van der Waals surface area contributed by atoms with Crippen molar-refractivity contribution in [3.8, 4) is 17.0 Å². The van der Waals surface area contributed by atoms with E-state index in [1.165, 1.54) is 11.3 Å². The molecule has 3 heterocycles. The first-order chi connectivity index (χ1) is 18.4. The third-order valence-corrected chi connectivity index (χ3v) is 7.27. The van der Waals surface area contributed by atoms with Gasteiger partial charge in [0.15, 0.2) is 12.3 Å². The molecule has 10 heteroatoms. The van der Waals surface area contributed by atoms with E-state index in [0.717, 1.165) is 16.8 Å². The lowest BCUT2D eigenvalue weighted by molar-refractivity contribution is -0.118. The van der Waals surface area contributed by atoms with Gasteiger partial charge in [-0.05, 0) is 62.4 Å². The number of nitrogens with one attached hydrogen (secondary N) is 1. The monoisotopic (exact) mass is 543 g/mol. The number of thiazole rings is 1. The van der Waals surface area contributed by atoms with E-state index in [1.807, 2.05) is 73.8 Å². The van der Waals surface area contributed by atoms with E-state index >= 15 is 0 Å². The zero-order valence-electron chi connectivity index (χ0n) is 20.5. The molecule has 0 radical (unpaired) electrons. The Kier molecular flexibility index (Phi) is 6.09. The lowest BCUT2D eigenvalue weighted by Crippen LogP contribution is -2.36. The third kappa shape index (κ3) is 4.29. The maximum Gasteiger partial charge on any atom is 0.279 e. The van der Waals surface area contributed by atoms with Crippen LogP contribution < -0.4 is 19.8 Å². The Labute approximate surface area is 227 Å². The summed E-state index contributed by atoms with van der Waals surface area (Å²) in [6, 6.07) is 20.3. The van der Waals surface area contributed by atoms with Crippen LogP contribution in [-0.4, -0.2) is 34.9 Å². The molecule has 190 valence electrons. The van der Waals surface area contributed by atoms with E-state index < -0.39 is 0 Å². The number of halogens is 1. The summed E-state index contributed by atoms with van der Waals surface area (Å²) in [5.74, 6) is 0.211. The fourth-order valence-corrected chi connectivity index (χ4v) is 5.45. The first-order valence-electron chi connectivity index (χ1n) is 12.0. The summed E-state index contributed by atoms with van der Waals surface area (Å²) in [5, 5.41) is 10.3. The molecule has 2 amide bonds. The van der Waals surface area contributed by atoms with E-state index in [0.29, 0.717) is 38.4 Å². The topological polar surface area (TPSA) is 88.3 Å². The van der Waals surface area contributed by atoms with Crippen LogP contribution in [0.25, 0.3) is 11.3 Å². The predicted molar refractivity (Wildman–Crippen MR) is 150 cm³/mol. The van der Waals surface area contributed by atoms with E-state index in [-0.39, 0.29) is 24.5 Å². The van der Waals surface area contributed by atoms with Gasteiger partial charge in [0, 0.05) is 27.6 Å². The maximum atomic E-state index is 13.6. The minimum absolute atomic E-state index is 0.0174. The van der Waals surface area contributed by atoms with E-state index in [9.17, 15) is 9.59 Å². The summed E-state index contributed by atoms with van der Waals surface area (Å²) >= 11 is 7.46. The first-order valence-corrected chi connectivity index (χ1v) is 13.2. The molecule has 0 saturated heterocycles. The van der Waals surface area contributed by atoms with Crippen LogP contribution in [-0.2, 0) is 9.59 Å². The Hall–Kier alpha value is -4.21. The van der Waals surface area contributed by atoms with Gasteiger partial charge in [-0.1, -0.05) is 29.8 Å². The average Bonchev–Trinajstić information content (AvgIpc) is 3.43. The van der Waals surface area contributed by atoms with Gasteiger partial charge in [-0.25, -0.2) is 9.67 Å². The molecular weight excluding hydrogens is 522 g/mol. The molecular formula is C28H22ClN5O3S. The van der Waals surface area contributed by atoms with Crippen LogP contribution in [0.4, 0.5) is 17.1 Å². The number of carbonyl (C=O) groups is 2. The molecule has 8 nitrogen and oxygen atoms in total. The summed E-state index contributed by atoms with van der Waals surface area (Å²) < 4.78 is 7.20. The highest BCUT2D eigenvalue weighted by Gasteiger charge is 2.35. The van der Waals surface area contributed by atoms with Gasteiger partial charge in [0.1, 0.15) is 5.75 Å². The fraction of sp³-hybridized carbons (Fsp3) is 0.143. The van der Waals surface area contributed by atoms with Crippen LogP contribution in [0.15, 0.2) is 82.2 Å². The highest BCUT2D eigenvalue weighted by molar-refractivity contribution is 7.07. The van der Waals surface area contributed by atoms with Crippen molar-refractivity contribution >= 4 is 57.5 Å². The van der Waals surface area contributed by atoms with Crippen LogP contribution in [0.5, 0.6) is 5.75 Å². The molecule has 4 aromatic rings. The van der Waals surface area contributed by atoms with Gasteiger partial charge in [-0.3, -0.25) is 9.59 Å². The standard InChI is InChI=1S/C28H22ClN5O3S/c1-16(2)33-22-6-4-3-5-20(22)26(27(33)36)32-34-23(15-38-28(34)30-19-10-8-18(29)9-11-19)17-7-12-24-21(13-17)31-25(35)14-37-24/h3-13,15-16H,14H2,1-2H3,(H,31,35). The molecule has 0 spiro atoms. The molecule has 0 bridgehead atoms. The summed E-state index contributed by atoms with van der Waals surface area (Å²) in [4.78, 5) is 32.6. The molecule has 0 fully saturated rings. The second-order valence-electron chi connectivity index (χ2n) is 9.09. The molecule has 38 heavy (non-hydrogen) atoms. The number of nitrogens with zero attached hydrogens (tertiary/aromatic N) is 4. The van der Waals surface area contributed by atoms with E-state index in [1.54, 1.807) is 21.7 Å². The van der Waals surface area contributed by atoms with Gasteiger partial charge in [0.2, 0.25) is 4.80 Å². The van der Waals surface area contributed by atoms with Crippen molar-refractivity contribution in [3.63, 3.8) is 0 Å². The largest absolute Gasteiger partial charge is 0.482 e. The number of hydrogen-bond donors (Lipinski definition) is 1. The van der Waals surface area contributed by atoms with Crippen molar-refractivity contribution in [2.75, 3.05) is 16.8 Å². The lowest BCUT2D eigenvalue weighted by Gasteiger charge is -2.21. The van der Waals surface area contributed by atoms with Crippen molar-refractivity contribution < 1.29 is 14.3 Å². The molecule has 0 aliphatic carbocycles. The van der Waals surface area contributed by atoms with E-state index in [4.69, 9.17) is 26.4 Å². The molecule has 1 aromatic heterocycles. The van der Waals surface area contributed by atoms with Crippen molar-refractivity contribution in [2.24, 2.45) is 10.1 Å². The number of fused-ring (bicyclic) bond motifs is 2. The Morgan fingerprint density at radius 2 is 1.84 bits per heavy atom. The number of carbonyl (C=O) groups excluding carboxylic acids is 2. The smallest absolute Gasteiger partial charge is 0.279 e. The minimum Gasteiger partial charge on any atom is -0.482 e. The van der Waals surface area contributed by atoms with Gasteiger partial charge >= 0.3 is 0 Å². The number of hydrogen-bond acceptors (Lipinski definition) is 6. The highest BCUT2D eigenvalue weighted by Crippen LogP contribution is 2.34. The summed E-state index contributed by atoms with van der Waals surface area (Å²) in [6.45, 7) is 3.94. The van der Waals surface area contributed by atoms with Crippen molar-refractivity contribution in [3.05, 3.63) is 87.5 Å². The molecule has 2 aliphatic heterocycles. The Morgan fingerprint density at radius 3 is 2.63 bits per heavy atom. The van der Waals surface area contributed by atoms with Crippen LogP contribution in [0.3, 0.4) is 0 Å². The third-order valence-electron chi connectivity index (χ3n) is 6.20. The molecule has 3 aromatic carbocycles. The molecule has 6 rings (SSSR count). The van der Waals surface area contributed by atoms with Gasteiger partial charge < -0.3 is 15.0 Å². The minimum atomic E-state index is -0.214. The SMILES string of the molecule is CC(C)N1C(=O)C(=Nn2c(-c3ccc4c(c3)NC(=O)CO4)csc2=Nc2ccc(Cl)cc2)c2ccccc21. The molecule has 0 atom stereocenters. The average molecular weight is 544 g/mol. The Bertz CT molecular complexity index is 1690. The van der Waals surface area contributed by atoms with Gasteiger partial charge in [0.25, 0.3) is 11.8 Å². The zero-order chi connectivity index (χ0) is 26.4. The Balaban J connectivity index is 1.55. The summed E-state index contributed by atoms with van der Waals surface area (Å²) in [5.41, 5.74) is 4.70. The second kappa shape index (κ2) is 9.59. The molecule has 0 saturated carbocycles. The molecule has 2 aliphatic rings. The van der Waals surface area contributed by atoms with Crippen molar-refractivity contribution in [1.82, 2.24) is 4.68 Å². The highest BCUT2D eigenvalue weighted by atomic mass is 35.5.